The summed E-state index contributed by atoms with van der Waals surface area (Å²) in [6.07, 6.45) is 5.31. The van der Waals surface area contributed by atoms with Crippen LogP contribution in [0.4, 0.5) is 4.39 Å². The van der Waals surface area contributed by atoms with Crippen LogP contribution in [0.1, 0.15) is 51.2 Å². The van der Waals surface area contributed by atoms with Crippen LogP contribution in [-0.2, 0) is 19.9 Å². The van der Waals surface area contributed by atoms with Crippen molar-refractivity contribution in [3.63, 3.8) is 0 Å². The molecule has 1 aromatic carbocycles. The maximum atomic E-state index is 14.6. The highest BCUT2D eigenvalue weighted by Gasteiger charge is 2.35. The van der Waals surface area contributed by atoms with E-state index in [1.165, 1.54) is 12.2 Å². The predicted molar refractivity (Wildman–Crippen MR) is 95.4 cm³/mol. The molecule has 138 valence electrons. The summed E-state index contributed by atoms with van der Waals surface area (Å²) in [6, 6.07) is 1.56. The van der Waals surface area contributed by atoms with Crippen LogP contribution in [0, 0.1) is 5.82 Å². The van der Waals surface area contributed by atoms with E-state index in [9.17, 15) is 9.18 Å². The van der Waals surface area contributed by atoms with Crippen molar-refractivity contribution in [3.05, 3.63) is 34.1 Å². The third-order valence-electron chi connectivity index (χ3n) is 4.21. The first kappa shape index (κ1) is 19.7. The summed E-state index contributed by atoms with van der Waals surface area (Å²) in [5, 5.41) is -0.0302. The molecule has 0 aliphatic carbocycles. The molecule has 0 aromatic heterocycles. The first-order valence-corrected chi connectivity index (χ1v) is 8.94. The third-order valence-corrected chi connectivity index (χ3v) is 4.48. The minimum atomic E-state index is -0.631. The highest BCUT2D eigenvalue weighted by Crippen LogP contribution is 2.44. The molecule has 0 saturated carbocycles. The van der Waals surface area contributed by atoms with Crippen LogP contribution in [0.2, 0.25) is 5.02 Å². The van der Waals surface area contributed by atoms with Gasteiger partial charge >= 0.3 is 5.97 Å². The van der Waals surface area contributed by atoms with Gasteiger partial charge in [0.05, 0.1) is 29.4 Å². The van der Waals surface area contributed by atoms with Gasteiger partial charge in [-0.05, 0) is 52.2 Å². The fourth-order valence-corrected chi connectivity index (χ4v) is 3.17. The van der Waals surface area contributed by atoms with Crippen molar-refractivity contribution < 1.29 is 23.4 Å². The molecule has 1 aromatic rings. The number of halogens is 2. The minimum absolute atomic E-state index is 0.0302. The molecule has 0 bridgehead atoms. The largest absolute Gasteiger partial charge is 0.493 e. The molecule has 1 unspecified atom stereocenters. The van der Waals surface area contributed by atoms with Crippen LogP contribution in [0.25, 0.3) is 6.08 Å². The third kappa shape index (κ3) is 4.53. The molecule has 4 nitrogen and oxygen atoms in total. The summed E-state index contributed by atoms with van der Waals surface area (Å²) in [4.78, 5) is 11.6. The van der Waals surface area contributed by atoms with E-state index in [1.807, 2.05) is 13.8 Å². The van der Waals surface area contributed by atoms with Gasteiger partial charge in [0.15, 0.2) is 5.82 Å². The Hall–Kier alpha value is -1.59. The van der Waals surface area contributed by atoms with Crippen LogP contribution in [0.3, 0.4) is 0 Å². The van der Waals surface area contributed by atoms with Crippen molar-refractivity contribution in [1.29, 1.82) is 0 Å². The van der Waals surface area contributed by atoms with Gasteiger partial charge in [0.1, 0.15) is 5.75 Å². The zero-order chi connectivity index (χ0) is 18.4. The van der Waals surface area contributed by atoms with Crippen LogP contribution < -0.4 is 4.74 Å². The molecule has 0 amide bonds. The van der Waals surface area contributed by atoms with Crippen LogP contribution in [-0.4, -0.2) is 25.8 Å². The lowest BCUT2D eigenvalue weighted by Gasteiger charge is -2.36. The number of hydrogen-bond donors (Lipinski definition) is 0. The summed E-state index contributed by atoms with van der Waals surface area (Å²) >= 11 is 6.11. The number of hydrogen-bond acceptors (Lipinski definition) is 4. The van der Waals surface area contributed by atoms with Crippen molar-refractivity contribution >= 4 is 23.6 Å². The Bertz CT molecular complexity index is 651. The second-order valence-corrected chi connectivity index (χ2v) is 6.42. The van der Waals surface area contributed by atoms with E-state index in [4.69, 9.17) is 25.8 Å². The molecule has 2 rings (SSSR count). The van der Waals surface area contributed by atoms with Gasteiger partial charge in [-0.3, -0.25) is 0 Å². The summed E-state index contributed by atoms with van der Waals surface area (Å²) in [5.41, 5.74) is 0.226. The highest BCUT2D eigenvalue weighted by atomic mass is 35.5. The normalized spacial score (nSPS) is 20.7. The summed E-state index contributed by atoms with van der Waals surface area (Å²) in [6.45, 7) is 6.71. The Balaban J connectivity index is 2.55. The topological polar surface area (TPSA) is 44.8 Å². The molecule has 1 atom stereocenters. The van der Waals surface area contributed by atoms with Gasteiger partial charge in [-0.2, -0.15) is 0 Å². The number of carbonyl (C=O) groups is 1. The zero-order valence-corrected chi connectivity index (χ0v) is 15.6. The minimum Gasteiger partial charge on any atom is -0.493 e. The second kappa shape index (κ2) is 8.68. The summed E-state index contributed by atoms with van der Waals surface area (Å²) in [7, 11) is 0. The molecule has 1 saturated heterocycles. The van der Waals surface area contributed by atoms with Crippen molar-refractivity contribution in [2.75, 3.05) is 19.8 Å². The molecule has 1 fully saturated rings. The molecule has 0 spiro atoms. The maximum absolute atomic E-state index is 14.6. The smallest absolute Gasteiger partial charge is 0.330 e. The maximum Gasteiger partial charge on any atom is 0.330 e. The molecule has 25 heavy (non-hydrogen) atoms. The van der Waals surface area contributed by atoms with E-state index < -0.39 is 17.4 Å². The van der Waals surface area contributed by atoms with Gasteiger partial charge in [-0.25, -0.2) is 9.18 Å². The Kier molecular flexibility index (Phi) is 6.85. The Labute approximate surface area is 152 Å². The number of rotatable bonds is 6. The molecule has 0 radical (unpaired) electrons. The van der Waals surface area contributed by atoms with Crippen LogP contribution >= 0.6 is 11.6 Å². The number of esters is 1. The second-order valence-electron chi connectivity index (χ2n) is 6.02. The van der Waals surface area contributed by atoms with E-state index in [0.717, 1.165) is 19.3 Å². The Morgan fingerprint density at radius 3 is 2.76 bits per heavy atom. The molecule has 1 heterocycles. The van der Waals surface area contributed by atoms with Crippen molar-refractivity contribution in [3.8, 4) is 5.75 Å². The van der Waals surface area contributed by atoms with Crippen molar-refractivity contribution in [1.82, 2.24) is 0 Å². The predicted octanol–water partition coefficient (Wildman–Crippen LogP) is 4.87. The van der Waals surface area contributed by atoms with Crippen LogP contribution in [0.5, 0.6) is 5.75 Å². The molecule has 1 aliphatic heterocycles. The number of carbonyl (C=O) groups excluding carboxylic acids is 1. The van der Waals surface area contributed by atoms with Crippen LogP contribution in [0.15, 0.2) is 12.1 Å². The summed E-state index contributed by atoms with van der Waals surface area (Å²) < 4.78 is 31.2. The van der Waals surface area contributed by atoms with Gasteiger partial charge in [-0.15, -0.1) is 0 Å². The van der Waals surface area contributed by atoms with E-state index in [2.05, 4.69) is 0 Å². The highest BCUT2D eigenvalue weighted by molar-refractivity contribution is 6.31. The molecular formula is C19H24ClFO4. The molecule has 0 N–H and O–H groups in total. The van der Waals surface area contributed by atoms with Gasteiger partial charge < -0.3 is 14.2 Å². The zero-order valence-electron chi connectivity index (χ0n) is 14.9. The van der Waals surface area contributed by atoms with Gasteiger partial charge in [0.2, 0.25) is 0 Å². The van der Waals surface area contributed by atoms with Crippen molar-refractivity contribution in [2.45, 2.75) is 45.6 Å². The SMILES string of the molecule is CCOC(=O)/C=C/c1c(F)c(Cl)cc(C2(C)CCCCO2)c1OCC. The first-order valence-electron chi connectivity index (χ1n) is 8.57. The van der Waals surface area contributed by atoms with Crippen molar-refractivity contribution in [2.24, 2.45) is 0 Å². The number of benzene rings is 1. The van der Waals surface area contributed by atoms with E-state index >= 15 is 0 Å². The molecular weight excluding hydrogens is 347 g/mol. The number of ether oxygens (including phenoxy) is 3. The standard InChI is InChI=1S/C19H24ClFO4/c1-4-23-16(22)9-8-13-17(21)15(20)12-14(18(13)24-5-2)19(3)10-6-7-11-25-19/h8-9,12H,4-7,10-11H2,1-3H3/b9-8+. The van der Waals surface area contributed by atoms with Gasteiger partial charge in [0, 0.05) is 18.2 Å². The fourth-order valence-electron chi connectivity index (χ4n) is 2.96. The van der Waals surface area contributed by atoms with E-state index in [-0.39, 0.29) is 17.2 Å². The fraction of sp³-hybridized carbons (Fsp3) is 0.526. The summed E-state index contributed by atoms with van der Waals surface area (Å²) in [5.74, 6) is -0.825. The van der Waals surface area contributed by atoms with E-state index in [1.54, 1.807) is 13.0 Å². The average Bonchev–Trinajstić information content (AvgIpc) is 2.58. The average molecular weight is 371 g/mol. The molecule has 6 heteroatoms. The quantitative estimate of drug-likeness (QED) is 0.529. The van der Waals surface area contributed by atoms with Gasteiger partial charge in [0.25, 0.3) is 0 Å². The monoisotopic (exact) mass is 370 g/mol. The lowest BCUT2D eigenvalue weighted by molar-refractivity contribution is -0.137. The van der Waals surface area contributed by atoms with Gasteiger partial charge in [-0.1, -0.05) is 11.6 Å². The van der Waals surface area contributed by atoms with E-state index in [0.29, 0.717) is 24.5 Å². The Morgan fingerprint density at radius 1 is 1.40 bits per heavy atom. The Morgan fingerprint density at radius 2 is 2.16 bits per heavy atom. The lowest BCUT2D eigenvalue weighted by atomic mass is 9.86. The lowest BCUT2D eigenvalue weighted by Crippen LogP contribution is -2.31. The first-order chi connectivity index (χ1) is 11.9. The molecule has 1 aliphatic rings.